The van der Waals surface area contributed by atoms with Gasteiger partial charge in [0.25, 0.3) is 5.56 Å². The van der Waals surface area contributed by atoms with E-state index in [4.69, 9.17) is 11.6 Å². The number of halogens is 1. The number of hydrogen-bond acceptors (Lipinski definition) is 2. The van der Waals surface area contributed by atoms with Gasteiger partial charge in [-0.3, -0.25) is 9.36 Å². The monoisotopic (exact) mass is 298 g/mol. The molecule has 0 aliphatic heterocycles. The number of benzene rings is 2. The van der Waals surface area contributed by atoms with E-state index in [1.165, 1.54) is 0 Å². The summed E-state index contributed by atoms with van der Waals surface area (Å²) in [6.07, 6.45) is 0. The second-order valence-electron chi connectivity index (χ2n) is 5.11. The van der Waals surface area contributed by atoms with Crippen LogP contribution in [-0.2, 0) is 5.88 Å². The van der Waals surface area contributed by atoms with E-state index in [1.54, 1.807) is 10.6 Å². The van der Waals surface area contributed by atoms with Gasteiger partial charge >= 0.3 is 0 Å². The fourth-order valence-corrected chi connectivity index (χ4v) is 2.75. The molecular formula is C17H15ClN2O. The summed E-state index contributed by atoms with van der Waals surface area (Å²) in [5.74, 6) is 0.750. The predicted molar refractivity (Wildman–Crippen MR) is 86.4 cm³/mol. The number of alkyl halides is 1. The van der Waals surface area contributed by atoms with Gasteiger partial charge in [0.1, 0.15) is 5.82 Å². The van der Waals surface area contributed by atoms with Gasteiger partial charge in [-0.2, -0.15) is 0 Å². The highest BCUT2D eigenvalue weighted by Gasteiger charge is 2.13. The van der Waals surface area contributed by atoms with Crippen molar-refractivity contribution in [2.24, 2.45) is 0 Å². The summed E-state index contributed by atoms with van der Waals surface area (Å²) in [5, 5.41) is 0.603. The molecule has 21 heavy (non-hydrogen) atoms. The number of aryl methyl sites for hydroxylation is 2. The Balaban J connectivity index is 2.41. The molecular weight excluding hydrogens is 284 g/mol. The summed E-state index contributed by atoms with van der Waals surface area (Å²) in [5.41, 5.74) is 3.62. The third-order valence-corrected chi connectivity index (χ3v) is 3.80. The molecule has 0 spiro atoms. The number of hydrogen-bond donors (Lipinski definition) is 0. The molecule has 0 bridgehead atoms. The maximum Gasteiger partial charge on any atom is 0.266 e. The van der Waals surface area contributed by atoms with Crippen LogP contribution < -0.4 is 5.56 Å². The first-order chi connectivity index (χ1) is 10.1. The molecule has 0 fully saturated rings. The van der Waals surface area contributed by atoms with Crippen molar-refractivity contribution < 1.29 is 0 Å². The van der Waals surface area contributed by atoms with Crippen LogP contribution in [0.25, 0.3) is 16.6 Å². The largest absolute Gasteiger partial charge is 0.268 e. The molecule has 0 saturated heterocycles. The SMILES string of the molecule is Cc1ccc(-n2c(CCl)nc3ccccc3c2=O)c(C)c1. The summed E-state index contributed by atoms with van der Waals surface area (Å²) in [6.45, 7) is 4.02. The molecule has 2 aromatic carbocycles. The van der Waals surface area contributed by atoms with E-state index < -0.39 is 0 Å². The molecule has 4 heteroatoms. The van der Waals surface area contributed by atoms with Crippen molar-refractivity contribution in [2.45, 2.75) is 19.7 Å². The molecule has 0 atom stereocenters. The molecule has 0 saturated carbocycles. The average molecular weight is 299 g/mol. The first-order valence-corrected chi connectivity index (χ1v) is 7.29. The standard InChI is InChI=1S/C17H15ClN2O/c1-11-7-8-15(12(2)9-11)20-16(10-18)19-14-6-4-3-5-13(14)17(20)21/h3-9H,10H2,1-2H3. The highest BCUT2D eigenvalue weighted by Crippen LogP contribution is 2.18. The van der Waals surface area contributed by atoms with Crippen LogP contribution in [0, 0.1) is 13.8 Å². The van der Waals surface area contributed by atoms with E-state index in [1.807, 2.05) is 44.2 Å². The van der Waals surface area contributed by atoms with Gasteiger partial charge in [-0.1, -0.05) is 29.8 Å². The van der Waals surface area contributed by atoms with Crippen molar-refractivity contribution in [3.8, 4) is 5.69 Å². The van der Waals surface area contributed by atoms with Gasteiger partial charge in [-0.15, -0.1) is 11.6 Å². The second-order valence-corrected chi connectivity index (χ2v) is 5.38. The van der Waals surface area contributed by atoms with Crippen LogP contribution in [0.15, 0.2) is 47.3 Å². The smallest absolute Gasteiger partial charge is 0.266 e. The molecule has 1 aromatic heterocycles. The van der Waals surface area contributed by atoms with E-state index in [0.717, 1.165) is 16.8 Å². The van der Waals surface area contributed by atoms with Crippen LogP contribution in [0.3, 0.4) is 0 Å². The first-order valence-electron chi connectivity index (χ1n) is 6.76. The first kappa shape index (κ1) is 13.8. The molecule has 3 aromatic rings. The number of rotatable bonds is 2. The molecule has 0 amide bonds. The number of para-hydroxylation sites is 1. The Labute approximate surface area is 127 Å². The number of fused-ring (bicyclic) bond motifs is 1. The van der Waals surface area contributed by atoms with Gasteiger partial charge in [0.2, 0.25) is 0 Å². The van der Waals surface area contributed by atoms with Gasteiger partial charge in [-0.25, -0.2) is 4.98 Å². The Hall–Kier alpha value is -2.13. The lowest BCUT2D eigenvalue weighted by Gasteiger charge is -2.14. The zero-order valence-electron chi connectivity index (χ0n) is 11.9. The fraction of sp³-hybridized carbons (Fsp3) is 0.176. The fourth-order valence-electron chi connectivity index (χ4n) is 2.57. The molecule has 0 radical (unpaired) electrons. The van der Waals surface area contributed by atoms with E-state index >= 15 is 0 Å². The van der Waals surface area contributed by atoms with Crippen LogP contribution >= 0.6 is 11.6 Å². The molecule has 3 rings (SSSR count). The summed E-state index contributed by atoms with van der Waals surface area (Å²) in [7, 11) is 0. The van der Waals surface area contributed by atoms with Crippen LogP contribution in [0.5, 0.6) is 0 Å². The van der Waals surface area contributed by atoms with Crippen molar-refractivity contribution in [3.05, 3.63) is 69.8 Å². The molecule has 3 nitrogen and oxygen atoms in total. The van der Waals surface area contributed by atoms with Crippen LogP contribution in [0.4, 0.5) is 0 Å². The van der Waals surface area contributed by atoms with Gasteiger partial charge < -0.3 is 0 Å². The maximum absolute atomic E-state index is 12.8. The lowest BCUT2D eigenvalue weighted by molar-refractivity contribution is 0.874. The predicted octanol–water partition coefficient (Wildman–Crippen LogP) is 3.74. The van der Waals surface area contributed by atoms with Crippen molar-refractivity contribution in [1.29, 1.82) is 0 Å². The third kappa shape index (κ3) is 2.34. The van der Waals surface area contributed by atoms with Gasteiger partial charge in [0.05, 0.1) is 22.5 Å². The topological polar surface area (TPSA) is 34.9 Å². The van der Waals surface area contributed by atoms with Crippen LogP contribution in [0.1, 0.15) is 17.0 Å². The maximum atomic E-state index is 12.8. The van der Waals surface area contributed by atoms with Crippen molar-refractivity contribution in [1.82, 2.24) is 9.55 Å². The van der Waals surface area contributed by atoms with E-state index in [0.29, 0.717) is 16.7 Å². The van der Waals surface area contributed by atoms with Crippen LogP contribution in [0.2, 0.25) is 0 Å². The Morgan fingerprint density at radius 3 is 2.62 bits per heavy atom. The number of aromatic nitrogens is 2. The summed E-state index contributed by atoms with van der Waals surface area (Å²) in [6, 6.07) is 13.3. The van der Waals surface area contributed by atoms with Crippen molar-refractivity contribution in [2.75, 3.05) is 0 Å². The zero-order chi connectivity index (χ0) is 15.0. The Morgan fingerprint density at radius 1 is 1.14 bits per heavy atom. The molecule has 0 unspecified atom stereocenters. The summed E-state index contributed by atoms with van der Waals surface area (Å²) < 4.78 is 1.62. The lowest BCUT2D eigenvalue weighted by atomic mass is 10.1. The highest BCUT2D eigenvalue weighted by molar-refractivity contribution is 6.16. The van der Waals surface area contributed by atoms with Gasteiger partial charge in [0, 0.05) is 0 Å². The van der Waals surface area contributed by atoms with Crippen molar-refractivity contribution >= 4 is 22.5 Å². The van der Waals surface area contributed by atoms with E-state index in [2.05, 4.69) is 11.1 Å². The Morgan fingerprint density at radius 2 is 1.90 bits per heavy atom. The van der Waals surface area contributed by atoms with Gasteiger partial charge in [0.15, 0.2) is 0 Å². The molecule has 0 N–H and O–H groups in total. The van der Waals surface area contributed by atoms with Crippen LogP contribution in [-0.4, -0.2) is 9.55 Å². The molecule has 0 aliphatic carbocycles. The number of nitrogens with zero attached hydrogens (tertiary/aromatic N) is 2. The molecule has 0 aliphatic rings. The van der Waals surface area contributed by atoms with E-state index in [-0.39, 0.29) is 11.4 Å². The quantitative estimate of drug-likeness (QED) is 0.676. The van der Waals surface area contributed by atoms with E-state index in [9.17, 15) is 4.79 Å². The Kier molecular flexibility index (Phi) is 3.52. The third-order valence-electron chi connectivity index (χ3n) is 3.56. The molecule has 106 valence electrons. The minimum absolute atomic E-state index is 0.0804. The summed E-state index contributed by atoms with van der Waals surface area (Å²) >= 11 is 6.02. The lowest BCUT2D eigenvalue weighted by Crippen LogP contribution is -2.24. The normalized spacial score (nSPS) is 11.0. The zero-order valence-corrected chi connectivity index (χ0v) is 12.7. The Bertz CT molecular complexity index is 884. The highest BCUT2D eigenvalue weighted by atomic mass is 35.5. The second kappa shape index (κ2) is 5.34. The van der Waals surface area contributed by atoms with Gasteiger partial charge in [-0.05, 0) is 37.6 Å². The minimum Gasteiger partial charge on any atom is -0.268 e. The van der Waals surface area contributed by atoms with Crippen molar-refractivity contribution in [3.63, 3.8) is 0 Å². The molecule has 1 heterocycles. The summed E-state index contributed by atoms with van der Waals surface area (Å²) in [4.78, 5) is 17.3. The average Bonchev–Trinajstić information content (AvgIpc) is 2.48. The minimum atomic E-state index is -0.0804.